The fourth-order valence-corrected chi connectivity index (χ4v) is 2.54. The Hall–Kier alpha value is -3.54. The molecule has 0 bridgehead atoms. The molecule has 0 aliphatic heterocycles. The molecule has 1 aromatic carbocycles. The van der Waals surface area contributed by atoms with Crippen molar-refractivity contribution in [3.8, 4) is 22.7 Å². The Balaban J connectivity index is 1.83. The number of oxazole rings is 1. The quantitative estimate of drug-likeness (QED) is 0.620. The number of benzene rings is 1. The van der Waals surface area contributed by atoms with E-state index in [4.69, 9.17) is 4.42 Å². The molecule has 0 saturated carbocycles. The summed E-state index contributed by atoms with van der Waals surface area (Å²) in [5, 5.41) is 9.97. The lowest BCUT2D eigenvalue weighted by Gasteiger charge is -2.07. The van der Waals surface area contributed by atoms with Gasteiger partial charge in [0.1, 0.15) is 6.26 Å². The molecule has 3 aromatic heterocycles. The van der Waals surface area contributed by atoms with E-state index >= 15 is 0 Å². The number of carbonyl (C=O) groups is 1. The molecule has 24 heavy (non-hydrogen) atoms. The molecule has 0 spiro atoms. The second-order valence-electron chi connectivity index (χ2n) is 5.17. The van der Waals surface area contributed by atoms with E-state index in [1.807, 2.05) is 24.3 Å². The van der Waals surface area contributed by atoms with Crippen LogP contribution < -0.4 is 0 Å². The third kappa shape index (κ3) is 2.40. The first-order chi connectivity index (χ1) is 11.7. The normalized spacial score (nSPS) is 10.8. The molecule has 4 aromatic rings. The van der Waals surface area contributed by atoms with Crippen LogP contribution in [0.5, 0.6) is 0 Å². The molecular formula is C18H11N3O3. The van der Waals surface area contributed by atoms with E-state index in [1.165, 1.54) is 12.5 Å². The lowest BCUT2D eigenvalue weighted by Crippen LogP contribution is -2.00. The first-order valence-electron chi connectivity index (χ1n) is 7.21. The lowest BCUT2D eigenvalue weighted by molar-refractivity contribution is 0.0699. The van der Waals surface area contributed by atoms with E-state index in [0.29, 0.717) is 22.5 Å². The second kappa shape index (κ2) is 5.58. The first kappa shape index (κ1) is 14.1. The van der Waals surface area contributed by atoms with Gasteiger partial charge in [0, 0.05) is 28.9 Å². The average molecular weight is 317 g/mol. The van der Waals surface area contributed by atoms with Crippen LogP contribution in [0.15, 0.2) is 65.7 Å². The molecule has 6 nitrogen and oxygen atoms in total. The summed E-state index contributed by atoms with van der Waals surface area (Å²) in [7, 11) is 0. The first-order valence-corrected chi connectivity index (χ1v) is 7.21. The van der Waals surface area contributed by atoms with Crippen LogP contribution in [0.2, 0.25) is 0 Å². The van der Waals surface area contributed by atoms with Crippen molar-refractivity contribution in [1.82, 2.24) is 15.0 Å². The summed E-state index contributed by atoms with van der Waals surface area (Å²) in [6.07, 6.45) is 6.21. The highest BCUT2D eigenvalue weighted by Gasteiger charge is 2.13. The van der Waals surface area contributed by atoms with Crippen LogP contribution in [0.25, 0.3) is 33.6 Å². The summed E-state index contributed by atoms with van der Waals surface area (Å²) in [5.74, 6) is -0.474. The van der Waals surface area contributed by atoms with Crippen LogP contribution in [0.4, 0.5) is 0 Å². The van der Waals surface area contributed by atoms with Crippen molar-refractivity contribution in [3.63, 3.8) is 0 Å². The Labute approximate surface area is 136 Å². The van der Waals surface area contributed by atoms with E-state index in [0.717, 1.165) is 11.1 Å². The van der Waals surface area contributed by atoms with Gasteiger partial charge in [0.2, 0.25) is 5.89 Å². The summed E-state index contributed by atoms with van der Waals surface area (Å²) >= 11 is 0. The third-order valence-corrected chi connectivity index (χ3v) is 3.70. The van der Waals surface area contributed by atoms with E-state index in [9.17, 15) is 9.90 Å². The molecule has 0 saturated heterocycles. The summed E-state index contributed by atoms with van der Waals surface area (Å²) in [6, 6.07) is 10.7. The zero-order chi connectivity index (χ0) is 16.5. The van der Waals surface area contributed by atoms with Gasteiger partial charge in [0.25, 0.3) is 0 Å². The number of carboxylic acid groups (broad SMARTS) is 1. The smallest absolute Gasteiger partial charge is 0.336 e. The van der Waals surface area contributed by atoms with Gasteiger partial charge in [-0.3, -0.25) is 4.98 Å². The maximum Gasteiger partial charge on any atom is 0.336 e. The van der Waals surface area contributed by atoms with Crippen molar-refractivity contribution >= 4 is 16.9 Å². The minimum atomic E-state index is -1.01. The number of aromatic carboxylic acids is 1. The molecule has 4 rings (SSSR count). The van der Waals surface area contributed by atoms with Gasteiger partial charge >= 0.3 is 5.97 Å². The Morgan fingerprint density at radius 1 is 1.04 bits per heavy atom. The van der Waals surface area contributed by atoms with Crippen molar-refractivity contribution < 1.29 is 14.3 Å². The Bertz CT molecular complexity index is 1030. The summed E-state index contributed by atoms with van der Waals surface area (Å²) in [5.41, 5.74) is 3.01. The molecule has 0 radical (unpaired) electrons. The predicted molar refractivity (Wildman–Crippen MR) is 87.4 cm³/mol. The number of fused-ring (bicyclic) bond motifs is 1. The summed E-state index contributed by atoms with van der Waals surface area (Å²) in [4.78, 5) is 24.1. The van der Waals surface area contributed by atoms with Crippen molar-refractivity contribution in [2.24, 2.45) is 0 Å². The van der Waals surface area contributed by atoms with Crippen LogP contribution >= 0.6 is 0 Å². The fourth-order valence-electron chi connectivity index (χ4n) is 2.54. The molecule has 0 fully saturated rings. The molecule has 3 heterocycles. The van der Waals surface area contributed by atoms with Crippen molar-refractivity contribution in [3.05, 3.63) is 66.8 Å². The van der Waals surface area contributed by atoms with Gasteiger partial charge in [-0.2, -0.15) is 0 Å². The lowest BCUT2D eigenvalue weighted by atomic mass is 10.0. The van der Waals surface area contributed by atoms with Crippen LogP contribution in [-0.4, -0.2) is 26.0 Å². The topological polar surface area (TPSA) is 89.1 Å². The van der Waals surface area contributed by atoms with E-state index < -0.39 is 5.97 Å². The number of hydrogen-bond acceptors (Lipinski definition) is 5. The van der Waals surface area contributed by atoms with E-state index in [2.05, 4.69) is 15.0 Å². The van der Waals surface area contributed by atoms with Crippen LogP contribution in [0.1, 0.15) is 10.4 Å². The molecule has 0 unspecified atom stereocenters. The van der Waals surface area contributed by atoms with Crippen molar-refractivity contribution in [2.45, 2.75) is 0 Å². The molecule has 0 aliphatic carbocycles. The number of nitrogens with zero attached hydrogens (tertiary/aromatic N) is 3. The van der Waals surface area contributed by atoms with E-state index in [1.54, 1.807) is 24.5 Å². The molecule has 0 aliphatic rings. The Kier molecular flexibility index (Phi) is 3.28. The summed E-state index contributed by atoms with van der Waals surface area (Å²) in [6.45, 7) is 0. The van der Waals surface area contributed by atoms with Gasteiger partial charge in [0.15, 0.2) is 0 Å². The minimum Gasteiger partial charge on any atom is -0.478 e. The molecule has 1 N–H and O–H groups in total. The highest BCUT2D eigenvalue weighted by atomic mass is 16.4. The third-order valence-electron chi connectivity index (χ3n) is 3.70. The number of rotatable bonds is 3. The van der Waals surface area contributed by atoms with Gasteiger partial charge in [-0.05, 0) is 24.3 Å². The maximum atomic E-state index is 11.5. The van der Waals surface area contributed by atoms with Gasteiger partial charge in [-0.25, -0.2) is 14.8 Å². The summed E-state index contributed by atoms with van der Waals surface area (Å²) < 4.78 is 5.26. The maximum absolute atomic E-state index is 11.5. The SMILES string of the molecule is O=C(O)c1cc(-c2ccc(-c3ncco3)cc2)nc2ccncc12. The van der Waals surface area contributed by atoms with Gasteiger partial charge in [-0.1, -0.05) is 12.1 Å². The molecular weight excluding hydrogens is 306 g/mol. The fraction of sp³-hybridized carbons (Fsp3) is 0. The van der Waals surface area contributed by atoms with Gasteiger partial charge in [-0.15, -0.1) is 0 Å². The Morgan fingerprint density at radius 2 is 1.83 bits per heavy atom. The predicted octanol–water partition coefficient (Wildman–Crippen LogP) is 3.65. The monoisotopic (exact) mass is 317 g/mol. The van der Waals surface area contributed by atoms with Gasteiger partial charge < -0.3 is 9.52 Å². The molecule has 6 heteroatoms. The Morgan fingerprint density at radius 3 is 2.54 bits per heavy atom. The zero-order valence-corrected chi connectivity index (χ0v) is 12.4. The van der Waals surface area contributed by atoms with E-state index in [-0.39, 0.29) is 5.56 Å². The van der Waals surface area contributed by atoms with Crippen LogP contribution in [-0.2, 0) is 0 Å². The van der Waals surface area contributed by atoms with Gasteiger partial charge in [0.05, 0.1) is 23.0 Å². The highest BCUT2D eigenvalue weighted by molar-refractivity contribution is 6.03. The van der Waals surface area contributed by atoms with Crippen LogP contribution in [0.3, 0.4) is 0 Å². The molecule has 0 atom stereocenters. The molecule has 0 amide bonds. The van der Waals surface area contributed by atoms with Crippen molar-refractivity contribution in [1.29, 1.82) is 0 Å². The molecule has 116 valence electrons. The number of aromatic nitrogens is 3. The standard InChI is InChI=1S/C18H11N3O3/c22-18(23)13-9-16(21-15-5-6-19-10-14(13)15)11-1-3-12(4-2-11)17-20-7-8-24-17/h1-10H,(H,22,23). The number of carboxylic acids is 1. The highest BCUT2D eigenvalue weighted by Crippen LogP contribution is 2.26. The number of hydrogen-bond donors (Lipinski definition) is 1. The second-order valence-corrected chi connectivity index (χ2v) is 5.17. The number of pyridine rings is 2. The average Bonchev–Trinajstić information content (AvgIpc) is 3.15. The largest absolute Gasteiger partial charge is 0.478 e. The van der Waals surface area contributed by atoms with Crippen molar-refractivity contribution in [2.75, 3.05) is 0 Å². The zero-order valence-electron chi connectivity index (χ0n) is 12.4. The van der Waals surface area contributed by atoms with Crippen LogP contribution in [0, 0.1) is 0 Å². The minimum absolute atomic E-state index is 0.180.